The summed E-state index contributed by atoms with van der Waals surface area (Å²) in [6, 6.07) is 0. The van der Waals surface area contributed by atoms with Gasteiger partial charge in [-0.15, -0.1) is 0 Å². The van der Waals surface area contributed by atoms with E-state index >= 15 is 0 Å². The van der Waals surface area contributed by atoms with Crippen LogP contribution in [0.2, 0.25) is 18.1 Å². The molecular weight excluding hydrogens is 220 g/mol. The lowest BCUT2D eigenvalue weighted by atomic mass is 10.2. The van der Waals surface area contributed by atoms with Crippen LogP contribution in [-0.2, 0) is 14.3 Å². The smallest absolute Gasteiger partial charge is 0.369 e. The van der Waals surface area contributed by atoms with Gasteiger partial charge in [0.1, 0.15) is 14.7 Å². The number of carbonyl (C=O) groups excluding carboxylic acids is 2. The minimum atomic E-state index is -2.27. The summed E-state index contributed by atoms with van der Waals surface area (Å²) < 4.78 is 4.89. The Balaban J connectivity index is 4.62. The summed E-state index contributed by atoms with van der Waals surface area (Å²) in [5, 5.41) is -0.464. The molecule has 0 aliphatic carbocycles. The van der Waals surface area contributed by atoms with E-state index in [1.807, 2.05) is 40.8 Å². The maximum atomic E-state index is 12.0. The summed E-state index contributed by atoms with van der Waals surface area (Å²) in [5.74, 6) is -0.690. The van der Waals surface area contributed by atoms with Crippen LogP contribution in [-0.4, -0.2) is 26.1 Å². The van der Waals surface area contributed by atoms with Crippen LogP contribution in [0.3, 0.4) is 0 Å². The van der Waals surface area contributed by atoms with E-state index in [4.69, 9.17) is 4.74 Å². The first-order valence-corrected chi connectivity index (χ1v) is 8.47. The summed E-state index contributed by atoms with van der Waals surface area (Å²) in [5.41, 5.74) is 0. The first-order chi connectivity index (χ1) is 7.14. The highest BCUT2D eigenvalue weighted by Crippen LogP contribution is 2.36. The fourth-order valence-corrected chi connectivity index (χ4v) is 2.14. The van der Waals surface area contributed by atoms with Crippen LogP contribution in [0, 0.1) is 0 Å². The molecule has 0 spiro atoms. The van der Waals surface area contributed by atoms with Crippen LogP contribution in [0.4, 0.5) is 0 Å². The SMILES string of the molecule is C/C=C/COC(=O)C(=O)[Si](C)(C)C(C)(C)C. The third kappa shape index (κ3) is 3.59. The van der Waals surface area contributed by atoms with Gasteiger partial charge in [-0.1, -0.05) is 46.0 Å². The first-order valence-electron chi connectivity index (χ1n) is 5.47. The molecule has 4 heteroatoms. The zero-order valence-electron chi connectivity index (χ0n) is 11.1. The van der Waals surface area contributed by atoms with Gasteiger partial charge in [0.2, 0.25) is 5.41 Å². The first kappa shape index (κ1) is 15.1. The van der Waals surface area contributed by atoms with Gasteiger partial charge < -0.3 is 4.74 Å². The summed E-state index contributed by atoms with van der Waals surface area (Å²) in [6.07, 6.45) is 3.49. The Labute approximate surface area is 98.9 Å². The molecule has 0 saturated carbocycles. The number of hydrogen-bond donors (Lipinski definition) is 0. The highest BCUT2D eigenvalue weighted by molar-refractivity contribution is 7.13. The molecule has 0 aromatic carbocycles. The highest BCUT2D eigenvalue weighted by Gasteiger charge is 2.45. The quantitative estimate of drug-likeness (QED) is 0.329. The highest BCUT2D eigenvalue weighted by atomic mass is 28.3. The zero-order valence-corrected chi connectivity index (χ0v) is 12.1. The van der Waals surface area contributed by atoms with Crippen LogP contribution in [0.1, 0.15) is 27.7 Å². The topological polar surface area (TPSA) is 43.4 Å². The summed E-state index contributed by atoms with van der Waals surface area (Å²) >= 11 is 0. The molecule has 0 N–H and O–H groups in total. The predicted octanol–water partition coefficient (Wildman–Crippen LogP) is 2.72. The van der Waals surface area contributed by atoms with Gasteiger partial charge in [0, 0.05) is 0 Å². The second-order valence-corrected chi connectivity index (χ2v) is 10.6. The Kier molecular flexibility index (Phi) is 5.13. The van der Waals surface area contributed by atoms with Crippen LogP contribution in [0.25, 0.3) is 0 Å². The van der Waals surface area contributed by atoms with Gasteiger partial charge in [0.05, 0.1) is 0 Å². The summed E-state index contributed by atoms with van der Waals surface area (Å²) in [7, 11) is -2.27. The molecule has 0 rings (SSSR count). The molecule has 0 saturated heterocycles. The molecule has 0 unspecified atom stereocenters. The predicted molar refractivity (Wildman–Crippen MR) is 68.0 cm³/mol. The number of allylic oxidation sites excluding steroid dienone is 1. The van der Waals surface area contributed by atoms with Crippen molar-refractivity contribution in [1.29, 1.82) is 0 Å². The lowest BCUT2D eigenvalue weighted by Crippen LogP contribution is -2.50. The molecule has 0 amide bonds. The van der Waals surface area contributed by atoms with E-state index in [1.165, 1.54) is 0 Å². The monoisotopic (exact) mass is 242 g/mol. The molecule has 0 atom stereocenters. The van der Waals surface area contributed by atoms with Crippen molar-refractivity contribution in [1.82, 2.24) is 0 Å². The third-order valence-electron chi connectivity index (χ3n) is 3.17. The molecule has 0 aromatic heterocycles. The van der Waals surface area contributed by atoms with Crippen LogP contribution in [0.15, 0.2) is 12.2 Å². The van der Waals surface area contributed by atoms with Crippen LogP contribution >= 0.6 is 0 Å². The van der Waals surface area contributed by atoms with Gasteiger partial charge in [-0.25, -0.2) is 4.79 Å². The van der Waals surface area contributed by atoms with Gasteiger partial charge in [-0.2, -0.15) is 0 Å². The number of esters is 1. The van der Waals surface area contributed by atoms with Crippen LogP contribution in [0.5, 0.6) is 0 Å². The fourth-order valence-electron chi connectivity index (χ4n) is 0.881. The average Bonchev–Trinajstić information content (AvgIpc) is 2.15. The van der Waals surface area contributed by atoms with E-state index in [-0.39, 0.29) is 17.1 Å². The van der Waals surface area contributed by atoms with Gasteiger partial charge in [0.25, 0.3) is 0 Å². The molecule has 3 nitrogen and oxygen atoms in total. The summed E-state index contributed by atoms with van der Waals surface area (Å²) in [4.78, 5) is 23.5. The molecule has 0 aromatic rings. The van der Waals surface area contributed by atoms with E-state index in [2.05, 4.69) is 0 Å². The van der Waals surface area contributed by atoms with Crippen molar-refractivity contribution in [2.24, 2.45) is 0 Å². The van der Waals surface area contributed by atoms with Crippen molar-refractivity contribution in [3.05, 3.63) is 12.2 Å². The molecule has 0 heterocycles. The van der Waals surface area contributed by atoms with Crippen molar-refractivity contribution in [2.45, 2.75) is 45.8 Å². The van der Waals surface area contributed by atoms with Gasteiger partial charge in [-0.3, -0.25) is 4.79 Å². The van der Waals surface area contributed by atoms with Gasteiger partial charge in [-0.05, 0) is 12.0 Å². The van der Waals surface area contributed by atoms with E-state index < -0.39 is 14.0 Å². The summed E-state index contributed by atoms with van der Waals surface area (Å²) in [6.45, 7) is 11.8. The number of hydrogen-bond acceptors (Lipinski definition) is 3. The number of ether oxygens (including phenoxy) is 1. The molecule has 92 valence electrons. The van der Waals surface area contributed by atoms with Crippen molar-refractivity contribution in [3.8, 4) is 0 Å². The van der Waals surface area contributed by atoms with Gasteiger partial charge >= 0.3 is 5.97 Å². The zero-order chi connectivity index (χ0) is 13.0. The molecular formula is C12H22O3Si. The Hall–Kier alpha value is -0.903. The Morgan fingerprint density at radius 1 is 1.25 bits per heavy atom. The fraction of sp³-hybridized carbons (Fsp3) is 0.667. The van der Waals surface area contributed by atoms with Crippen molar-refractivity contribution < 1.29 is 14.3 Å². The second kappa shape index (κ2) is 5.43. The van der Waals surface area contributed by atoms with Crippen LogP contribution < -0.4 is 0 Å². The lowest BCUT2D eigenvalue weighted by molar-refractivity contribution is -0.149. The number of carbonyl (C=O) groups is 2. The molecule has 0 aliphatic heterocycles. The third-order valence-corrected chi connectivity index (χ3v) is 8.26. The minimum Gasteiger partial charge on any atom is -0.456 e. The Morgan fingerprint density at radius 3 is 2.12 bits per heavy atom. The standard InChI is InChI=1S/C12H22O3Si/c1-7-8-9-15-10(13)11(14)16(5,6)12(2,3)4/h7-8H,9H2,1-6H3/b8-7+. The van der Waals surface area contributed by atoms with E-state index in [0.717, 1.165) is 0 Å². The van der Waals surface area contributed by atoms with Crippen molar-refractivity contribution in [2.75, 3.05) is 6.61 Å². The van der Waals surface area contributed by atoms with Crippen molar-refractivity contribution >= 4 is 19.4 Å². The maximum absolute atomic E-state index is 12.0. The largest absolute Gasteiger partial charge is 0.456 e. The van der Waals surface area contributed by atoms with Gasteiger partial charge in [0.15, 0.2) is 0 Å². The number of rotatable bonds is 4. The molecule has 0 radical (unpaired) electrons. The van der Waals surface area contributed by atoms with Crippen molar-refractivity contribution in [3.63, 3.8) is 0 Å². The van der Waals surface area contributed by atoms with E-state index in [1.54, 1.807) is 12.2 Å². The molecule has 0 bridgehead atoms. The minimum absolute atomic E-state index is 0.135. The normalized spacial score (nSPS) is 12.9. The lowest BCUT2D eigenvalue weighted by Gasteiger charge is -2.33. The Bertz CT molecular complexity index is 298. The molecule has 16 heavy (non-hydrogen) atoms. The molecule has 0 aliphatic rings. The van der Waals surface area contributed by atoms with E-state index in [9.17, 15) is 9.59 Å². The average molecular weight is 242 g/mol. The van der Waals surface area contributed by atoms with E-state index in [0.29, 0.717) is 0 Å². The second-order valence-electron chi connectivity index (χ2n) is 5.37. The molecule has 0 fully saturated rings. The maximum Gasteiger partial charge on any atom is 0.369 e. The Morgan fingerprint density at radius 2 is 1.75 bits per heavy atom.